The van der Waals surface area contributed by atoms with Gasteiger partial charge in [-0.2, -0.15) is 0 Å². The van der Waals surface area contributed by atoms with E-state index in [-0.39, 0.29) is 12.0 Å². The van der Waals surface area contributed by atoms with Gasteiger partial charge in [-0.05, 0) is 19.8 Å². The average molecular weight is 249 g/mol. The summed E-state index contributed by atoms with van der Waals surface area (Å²) in [7, 11) is -3.24. The third-order valence-corrected chi connectivity index (χ3v) is 3.34. The summed E-state index contributed by atoms with van der Waals surface area (Å²) in [4.78, 5) is 13.2. The van der Waals surface area contributed by atoms with Crippen molar-refractivity contribution in [3.05, 3.63) is 0 Å². The summed E-state index contributed by atoms with van der Waals surface area (Å²) in [5, 5.41) is 0. The Morgan fingerprint density at radius 3 is 2.62 bits per heavy atom. The van der Waals surface area contributed by atoms with Gasteiger partial charge in [-0.1, -0.05) is 0 Å². The third-order valence-electron chi connectivity index (χ3n) is 2.57. The minimum Gasteiger partial charge on any atom is -0.376 e. The first kappa shape index (κ1) is 13.4. The fraction of sp³-hybridized carbons (Fsp3) is 0.900. The monoisotopic (exact) mass is 249 g/mol. The predicted molar refractivity (Wildman–Crippen MR) is 60.9 cm³/mol. The van der Waals surface area contributed by atoms with Gasteiger partial charge in [0, 0.05) is 26.0 Å². The van der Waals surface area contributed by atoms with Gasteiger partial charge in [-0.15, -0.1) is 0 Å². The maximum absolute atomic E-state index is 11.7. The first-order valence-electron chi connectivity index (χ1n) is 5.49. The Balaban J connectivity index is 2.49. The van der Waals surface area contributed by atoms with Gasteiger partial charge < -0.3 is 9.64 Å². The van der Waals surface area contributed by atoms with E-state index in [1.807, 2.05) is 6.92 Å². The summed E-state index contributed by atoms with van der Waals surface area (Å²) in [6, 6.07) is 0. The Labute approximate surface area is 96.7 Å². The molecule has 1 atom stereocenters. The summed E-state index contributed by atoms with van der Waals surface area (Å²) in [5.41, 5.74) is 0. The zero-order valence-corrected chi connectivity index (χ0v) is 10.6. The van der Waals surface area contributed by atoms with E-state index >= 15 is 0 Å². The fourth-order valence-corrected chi connectivity index (χ4v) is 2.39. The molecule has 1 heterocycles. The lowest BCUT2D eigenvalue weighted by atomic mass is 10.2. The number of hydrogen-bond acceptors (Lipinski definition) is 4. The van der Waals surface area contributed by atoms with Crippen molar-refractivity contribution >= 4 is 15.7 Å². The highest BCUT2D eigenvalue weighted by molar-refractivity contribution is 7.91. The smallest absolute Gasteiger partial charge is 0.237 e. The number of carbonyl (C=O) groups is 1. The van der Waals surface area contributed by atoms with E-state index in [1.165, 1.54) is 0 Å². The summed E-state index contributed by atoms with van der Waals surface area (Å²) in [6.07, 6.45) is 3.11. The number of sulfone groups is 1. The van der Waals surface area contributed by atoms with Crippen molar-refractivity contribution < 1.29 is 17.9 Å². The van der Waals surface area contributed by atoms with E-state index in [9.17, 15) is 13.2 Å². The van der Waals surface area contributed by atoms with Crippen molar-refractivity contribution in [1.82, 2.24) is 4.90 Å². The molecule has 0 N–H and O–H groups in total. The maximum Gasteiger partial charge on any atom is 0.237 e. The lowest BCUT2D eigenvalue weighted by Gasteiger charge is -2.23. The molecule has 1 fully saturated rings. The molecule has 6 heteroatoms. The quantitative estimate of drug-likeness (QED) is 0.691. The highest BCUT2D eigenvalue weighted by Gasteiger charge is 2.23. The van der Waals surface area contributed by atoms with Crippen LogP contribution in [0.3, 0.4) is 0 Å². The SMILES string of the molecule is CCN(CC1CCCO1)C(=O)CS(C)(=O)=O. The van der Waals surface area contributed by atoms with Gasteiger partial charge in [0.2, 0.25) is 5.91 Å². The van der Waals surface area contributed by atoms with Crippen molar-refractivity contribution in [2.75, 3.05) is 31.7 Å². The molecule has 0 radical (unpaired) electrons. The van der Waals surface area contributed by atoms with Crippen LogP contribution in [-0.2, 0) is 19.4 Å². The molecule has 0 aromatic heterocycles. The van der Waals surface area contributed by atoms with Crippen LogP contribution in [0.5, 0.6) is 0 Å². The summed E-state index contributed by atoms with van der Waals surface area (Å²) < 4.78 is 27.5. The van der Waals surface area contributed by atoms with Crippen LogP contribution >= 0.6 is 0 Å². The molecule has 0 aromatic rings. The molecule has 1 rings (SSSR count). The van der Waals surface area contributed by atoms with Crippen molar-refractivity contribution in [2.24, 2.45) is 0 Å². The second-order valence-electron chi connectivity index (χ2n) is 4.14. The fourth-order valence-electron chi connectivity index (χ4n) is 1.76. The first-order chi connectivity index (χ1) is 7.42. The normalized spacial score (nSPS) is 21.0. The number of rotatable bonds is 5. The number of nitrogens with zero attached hydrogens (tertiary/aromatic N) is 1. The Morgan fingerprint density at radius 2 is 2.19 bits per heavy atom. The molecule has 1 aliphatic heterocycles. The molecule has 5 nitrogen and oxygen atoms in total. The Kier molecular flexibility index (Phi) is 4.73. The van der Waals surface area contributed by atoms with Crippen molar-refractivity contribution in [2.45, 2.75) is 25.9 Å². The van der Waals surface area contributed by atoms with Gasteiger partial charge in [0.1, 0.15) is 5.75 Å². The van der Waals surface area contributed by atoms with Gasteiger partial charge in [0.05, 0.1) is 6.10 Å². The molecular weight excluding hydrogens is 230 g/mol. The van der Waals surface area contributed by atoms with Crippen LogP contribution < -0.4 is 0 Å². The van der Waals surface area contributed by atoms with Crippen LogP contribution in [0.2, 0.25) is 0 Å². The Bertz CT molecular complexity index is 333. The molecule has 1 aliphatic rings. The zero-order valence-electron chi connectivity index (χ0n) is 9.81. The van der Waals surface area contributed by atoms with E-state index in [2.05, 4.69) is 0 Å². The molecule has 0 aliphatic carbocycles. The van der Waals surface area contributed by atoms with Crippen LogP contribution in [0, 0.1) is 0 Å². The number of hydrogen-bond donors (Lipinski definition) is 0. The topological polar surface area (TPSA) is 63.7 Å². The lowest BCUT2D eigenvalue weighted by molar-refractivity contribution is -0.129. The number of amides is 1. The largest absolute Gasteiger partial charge is 0.376 e. The minimum atomic E-state index is -3.24. The molecule has 0 spiro atoms. The standard InChI is InChI=1S/C10H19NO4S/c1-3-11(7-9-5-4-6-15-9)10(12)8-16(2,13)14/h9H,3-8H2,1-2H3. The third kappa shape index (κ3) is 4.49. The highest BCUT2D eigenvalue weighted by atomic mass is 32.2. The average Bonchev–Trinajstić information content (AvgIpc) is 2.63. The van der Waals surface area contributed by atoms with E-state index < -0.39 is 15.6 Å². The second kappa shape index (κ2) is 5.63. The molecule has 0 bridgehead atoms. The molecule has 1 unspecified atom stereocenters. The van der Waals surface area contributed by atoms with E-state index in [4.69, 9.17) is 4.74 Å². The first-order valence-corrected chi connectivity index (χ1v) is 7.55. The van der Waals surface area contributed by atoms with Crippen LogP contribution in [0.15, 0.2) is 0 Å². The van der Waals surface area contributed by atoms with Gasteiger partial charge in [0.15, 0.2) is 9.84 Å². The van der Waals surface area contributed by atoms with Crippen molar-refractivity contribution in [1.29, 1.82) is 0 Å². The summed E-state index contributed by atoms with van der Waals surface area (Å²) in [6.45, 7) is 3.61. The lowest BCUT2D eigenvalue weighted by Crippen LogP contribution is -2.40. The molecule has 16 heavy (non-hydrogen) atoms. The molecular formula is C10H19NO4S. The molecule has 0 saturated carbocycles. The van der Waals surface area contributed by atoms with E-state index in [1.54, 1.807) is 4.90 Å². The van der Waals surface area contributed by atoms with E-state index in [0.717, 1.165) is 25.7 Å². The van der Waals surface area contributed by atoms with Crippen molar-refractivity contribution in [3.8, 4) is 0 Å². The minimum absolute atomic E-state index is 0.0726. The highest BCUT2D eigenvalue weighted by Crippen LogP contribution is 2.13. The van der Waals surface area contributed by atoms with Gasteiger partial charge in [-0.25, -0.2) is 8.42 Å². The zero-order chi connectivity index (χ0) is 12.2. The number of carbonyl (C=O) groups excluding carboxylic acids is 1. The number of likely N-dealkylation sites (N-methyl/N-ethyl adjacent to an activating group) is 1. The van der Waals surface area contributed by atoms with Crippen LogP contribution in [0.1, 0.15) is 19.8 Å². The van der Waals surface area contributed by atoms with Gasteiger partial charge in [-0.3, -0.25) is 4.79 Å². The molecule has 94 valence electrons. The predicted octanol–water partition coefficient (Wildman–Crippen LogP) is 0.0585. The van der Waals surface area contributed by atoms with Crippen LogP contribution in [0.25, 0.3) is 0 Å². The van der Waals surface area contributed by atoms with Gasteiger partial charge in [0.25, 0.3) is 0 Å². The maximum atomic E-state index is 11.7. The molecule has 0 aromatic carbocycles. The van der Waals surface area contributed by atoms with Crippen LogP contribution in [0.4, 0.5) is 0 Å². The van der Waals surface area contributed by atoms with Crippen molar-refractivity contribution in [3.63, 3.8) is 0 Å². The summed E-state index contributed by atoms with van der Waals surface area (Å²) >= 11 is 0. The van der Waals surface area contributed by atoms with Crippen LogP contribution in [-0.4, -0.2) is 57.0 Å². The molecule has 1 saturated heterocycles. The number of ether oxygens (including phenoxy) is 1. The Morgan fingerprint density at radius 1 is 1.50 bits per heavy atom. The Hall–Kier alpha value is -0.620. The second-order valence-corrected chi connectivity index (χ2v) is 6.28. The molecule has 1 amide bonds. The van der Waals surface area contributed by atoms with Gasteiger partial charge >= 0.3 is 0 Å². The van der Waals surface area contributed by atoms with E-state index in [0.29, 0.717) is 13.1 Å². The summed E-state index contributed by atoms with van der Waals surface area (Å²) in [5.74, 6) is -0.742.